The second kappa shape index (κ2) is 5.92. The van der Waals surface area contributed by atoms with E-state index in [4.69, 9.17) is 7.85 Å². The summed E-state index contributed by atoms with van der Waals surface area (Å²) in [6.45, 7) is 0. The molecule has 0 spiro atoms. The molecule has 26 heavy (non-hydrogen) atoms. The fourth-order valence-electron chi connectivity index (χ4n) is 3.71. The molecule has 0 fully saturated rings. The van der Waals surface area contributed by atoms with Crippen molar-refractivity contribution in [3.63, 3.8) is 0 Å². The Morgan fingerprint density at radius 2 is 1.15 bits per heavy atom. The van der Waals surface area contributed by atoms with Gasteiger partial charge in [-0.05, 0) is 41.5 Å². The minimum absolute atomic E-state index is 0.787. The predicted octanol–water partition coefficient (Wildman–Crippen LogP) is 5.24. The fraction of sp³-hybridized carbons (Fsp3) is 0. The summed E-state index contributed by atoms with van der Waals surface area (Å²) in [5.74, 6) is 0. The molecule has 0 aliphatic carbocycles. The summed E-state index contributed by atoms with van der Waals surface area (Å²) in [5, 5.41) is 2.40. The highest BCUT2D eigenvalue weighted by atomic mass is 15.0. The summed E-state index contributed by atoms with van der Waals surface area (Å²) in [7, 11) is 6.10. The lowest BCUT2D eigenvalue weighted by atomic mass is 9.94. The van der Waals surface area contributed by atoms with E-state index in [1.54, 1.807) is 0 Å². The lowest BCUT2D eigenvalue weighted by Gasteiger charge is -2.08. The second-order valence-electron chi connectivity index (χ2n) is 6.55. The van der Waals surface area contributed by atoms with Gasteiger partial charge in [0.25, 0.3) is 0 Å². The van der Waals surface area contributed by atoms with E-state index in [0.29, 0.717) is 0 Å². The predicted molar refractivity (Wildman–Crippen MR) is 112 cm³/mol. The Kier molecular flexibility index (Phi) is 3.43. The number of hydrogen-bond acceptors (Lipinski definition) is 0. The number of benzene rings is 4. The topological polar surface area (TPSA) is 4.93 Å². The third-order valence-corrected chi connectivity index (χ3v) is 4.91. The molecule has 0 amide bonds. The van der Waals surface area contributed by atoms with Gasteiger partial charge in [0.05, 0.1) is 11.0 Å². The zero-order valence-corrected chi connectivity index (χ0v) is 14.3. The van der Waals surface area contributed by atoms with Crippen LogP contribution in [0.1, 0.15) is 0 Å². The van der Waals surface area contributed by atoms with Crippen molar-refractivity contribution in [1.29, 1.82) is 0 Å². The molecule has 0 aliphatic rings. The highest BCUT2D eigenvalue weighted by Crippen LogP contribution is 2.34. The van der Waals surface area contributed by atoms with Crippen LogP contribution >= 0.6 is 0 Å². The van der Waals surface area contributed by atoms with Gasteiger partial charge < -0.3 is 4.57 Å². The van der Waals surface area contributed by atoms with Crippen LogP contribution in [0, 0.1) is 0 Å². The van der Waals surface area contributed by atoms with E-state index < -0.39 is 0 Å². The van der Waals surface area contributed by atoms with Crippen molar-refractivity contribution in [3.8, 4) is 16.8 Å². The Labute approximate surface area is 153 Å². The Bertz CT molecular complexity index is 1220. The minimum atomic E-state index is 0.787. The SMILES string of the molecule is [B]c1ccc2c(c1)c1cc(-c3ccccc3)ccc1n2-c1ccccc1. The normalized spacial score (nSPS) is 11.2. The maximum absolute atomic E-state index is 6.10. The zero-order chi connectivity index (χ0) is 17.5. The van der Waals surface area contributed by atoms with Crippen LogP contribution in [0.25, 0.3) is 38.6 Å². The number of hydrogen-bond donors (Lipinski definition) is 0. The molecular weight excluding hydrogens is 313 g/mol. The minimum Gasteiger partial charge on any atom is -0.309 e. The van der Waals surface area contributed by atoms with Crippen LogP contribution in [0.5, 0.6) is 0 Å². The average molecular weight is 329 g/mol. The van der Waals surface area contributed by atoms with E-state index in [9.17, 15) is 0 Å². The Balaban J connectivity index is 1.87. The third-order valence-electron chi connectivity index (χ3n) is 4.91. The summed E-state index contributed by atoms with van der Waals surface area (Å²) in [6, 6.07) is 33.8. The Morgan fingerprint density at radius 3 is 1.88 bits per heavy atom. The number of fused-ring (bicyclic) bond motifs is 3. The molecule has 0 unspecified atom stereocenters. The van der Waals surface area contributed by atoms with E-state index in [1.165, 1.54) is 32.9 Å². The van der Waals surface area contributed by atoms with Crippen LogP contribution in [0.3, 0.4) is 0 Å². The molecular formula is C24H16BN. The van der Waals surface area contributed by atoms with Crippen LogP contribution in [0.15, 0.2) is 97.1 Å². The summed E-state index contributed by atoms with van der Waals surface area (Å²) in [4.78, 5) is 0. The molecule has 0 atom stereocenters. The van der Waals surface area contributed by atoms with Crippen molar-refractivity contribution in [1.82, 2.24) is 4.57 Å². The molecule has 5 aromatic rings. The molecule has 0 bridgehead atoms. The van der Waals surface area contributed by atoms with Gasteiger partial charge in [-0.2, -0.15) is 0 Å². The second-order valence-corrected chi connectivity index (χ2v) is 6.55. The quantitative estimate of drug-likeness (QED) is 0.390. The highest BCUT2D eigenvalue weighted by Gasteiger charge is 2.13. The molecule has 1 heterocycles. The maximum Gasteiger partial charge on any atom is 0.113 e. The van der Waals surface area contributed by atoms with Crippen molar-refractivity contribution in [2.24, 2.45) is 0 Å². The summed E-state index contributed by atoms with van der Waals surface area (Å²) in [5.41, 5.74) is 6.74. The highest BCUT2D eigenvalue weighted by molar-refractivity contribution is 6.34. The fourth-order valence-corrected chi connectivity index (χ4v) is 3.71. The number of para-hydroxylation sites is 1. The van der Waals surface area contributed by atoms with Gasteiger partial charge in [0.15, 0.2) is 0 Å². The van der Waals surface area contributed by atoms with E-state index in [2.05, 4.69) is 83.4 Å². The van der Waals surface area contributed by atoms with E-state index in [1.807, 2.05) is 18.2 Å². The van der Waals surface area contributed by atoms with Crippen LogP contribution in [-0.2, 0) is 0 Å². The molecule has 0 saturated heterocycles. The molecule has 5 rings (SSSR count). The van der Waals surface area contributed by atoms with Crippen LogP contribution in [0.4, 0.5) is 0 Å². The standard InChI is InChI=1S/C24H16BN/c25-19-12-14-24-22(16-19)21-15-18(17-7-3-1-4-8-17)11-13-23(21)26(24)20-9-5-2-6-10-20/h1-16H. The van der Waals surface area contributed by atoms with Gasteiger partial charge in [-0.1, -0.05) is 72.2 Å². The first-order valence-corrected chi connectivity index (χ1v) is 8.76. The number of nitrogens with zero attached hydrogens (tertiary/aromatic N) is 1. The molecule has 120 valence electrons. The van der Waals surface area contributed by atoms with E-state index >= 15 is 0 Å². The Morgan fingerprint density at radius 1 is 0.538 bits per heavy atom. The Hall–Kier alpha value is -3.26. The molecule has 2 radical (unpaired) electrons. The van der Waals surface area contributed by atoms with Gasteiger partial charge in [0.1, 0.15) is 7.85 Å². The summed E-state index contributed by atoms with van der Waals surface area (Å²) in [6.07, 6.45) is 0. The van der Waals surface area contributed by atoms with Gasteiger partial charge in [-0.3, -0.25) is 0 Å². The smallest absolute Gasteiger partial charge is 0.113 e. The lowest BCUT2D eigenvalue weighted by Crippen LogP contribution is -2.00. The largest absolute Gasteiger partial charge is 0.309 e. The van der Waals surface area contributed by atoms with Crippen molar-refractivity contribution >= 4 is 35.1 Å². The van der Waals surface area contributed by atoms with Crippen molar-refractivity contribution in [2.45, 2.75) is 0 Å². The van der Waals surface area contributed by atoms with Gasteiger partial charge >= 0.3 is 0 Å². The van der Waals surface area contributed by atoms with Crippen molar-refractivity contribution in [3.05, 3.63) is 97.1 Å². The number of rotatable bonds is 2. The van der Waals surface area contributed by atoms with Crippen molar-refractivity contribution in [2.75, 3.05) is 0 Å². The van der Waals surface area contributed by atoms with E-state index in [0.717, 1.165) is 11.2 Å². The first-order chi connectivity index (χ1) is 12.8. The average Bonchev–Trinajstić information content (AvgIpc) is 3.02. The van der Waals surface area contributed by atoms with Crippen LogP contribution in [0.2, 0.25) is 0 Å². The van der Waals surface area contributed by atoms with Gasteiger partial charge in [-0.15, -0.1) is 0 Å². The van der Waals surface area contributed by atoms with Crippen molar-refractivity contribution < 1.29 is 0 Å². The molecule has 0 aliphatic heterocycles. The molecule has 0 N–H and O–H groups in total. The molecule has 2 heteroatoms. The monoisotopic (exact) mass is 329 g/mol. The molecule has 0 saturated carbocycles. The molecule has 1 nitrogen and oxygen atoms in total. The van der Waals surface area contributed by atoms with Crippen LogP contribution < -0.4 is 5.46 Å². The van der Waals surface area contributed by atoms with Gasteiger partial charge in [0.2, 0.25) is 0 Å². The third kappa shape index (κ3) is 2.34. The summed E-state index contributed by atoms with van der Waals surface area (Å²) >= 11 is 0. The lowest BCUT2D eigenvalue weighted by molar-refractivity contribution is 1.18. The number of aromatic nitrogens is 1. The first-order valence-electron chi connectivity index (χ1n) is 8.76. The molecule has 4 aromatic carbocycles. The van der Waals surface area contributed by atoms with E-state index in [-0.39, 0.29) is 0 Å². The molecule has 1 aromatic heterocycles. The van der Waals surface area contributed by atoms with Gasteiger partial charge in [-0.25, -0.2) is 0 Å². The summed E-state index contributed by atoms with van der Waals surface area (Å²) < 4.78 is 2.30. The van der Waals surface area contributed by atoms with Crippen LogP contribution in [-0.4, -0.2) is 12.4 Å². The van der Waals surface area contributed by atoms with Gasteiger partial charge in [0, 0.05) is 16.5 Å². The maximum atomic E-state index is 6.10. The zero-order valence-electron chi connectivity index (χ0n) is 14.3. The first kappa shape index (κ1) is 15.0.